The minimum Gasteiger partial charge on any atom is -0.376 e. The standard InChI is InChI=1S/C36H46O10/c1-38-33-30(46-36(37)35(40-3)34(33)39-2)24-43-31-19-28(42-21-26-15-9-5-10-16-26)32(44-22-27-17-11-6-12-18-27)29(45-31)23-41-20-25-13-7-4-8-14-25/h4-18,28-37H,19-24H2,1-3H3/t28-,29-,30-,31-,32+,33-,34+,35-,36+/m1/s1. The van der Waals surface area contributed by atoms with Crippen LogP contribution in [0.3, 0.4) is 0 Å². The summed E-state index contributed by atoms with van der Waals surface area (Å²) in [7, 11) is 4.61. The molecule has 0 aliphatic carbocycles. The number of aliphatic hydroxyl groups excluding tert-OH is 1. The van der Waals surface area contributed by atoms with E-state index >= 15 is 0 Å². The maximum Gasteiger partial charge on any atom is 0.184 e. The zero-order chi connectivity index (χ0) is 32.1. The van der Waals surface area contributed by atoms with Crippen LogP contribution in [0.5, 0.6) is 0 Å². The van der Waals surface area contributed by atoms with E-state index in [9.17, 15) is 5.11 Å². The number of rotatable bonds is 16. The molecular formula is C36H46O10. The fourth-order valence-electron chi connectivity index (χ4n) is 5.96. The highest BCUT2D eigenvalue weighted by atomic mass is 16.7. The van der Waals surface area contributed by atoms with Crippen LogP contribution in [-0.2, 0) is 62.5 Å². The van der Waals surface area contributed by atoms with Crippen molar-refractivity contribution in [3.63, 3.8) is 0 Å². The Kier molecular flexibility index (Phi) is 13.5. The summed E-state index contributed by atoms with van der Waals surface area (Å²) in [6, 6.07) is 30.0. The number of hydrogen-bond acceptors (Lipinski definition) is 10. The van der Waals surface area contributed by atoms with Gasteiger partial charge in [-0.2, -0.15) is 0 Å². The summed E-state index contributed by atoms with van der Waals surface area (Å²) < 4.78 is 54.7. The van der Waals surface area contributed by atoms with Crippen molar-refractivity contribution in [1.29, 1.82) is 0 Å². The monoisotopic (exact) mass is 638 g/mol. The Labute approximate surface area is 271 Å². The van der Waals surface area contributed by atoms with E-state index in [-0.39, 0.29) is 19.3 Å². The molecule has 46 heavy (non-hydrogen) atoms. The van der Waals surface area contributed by atoms with Crippen LogP contribution < -0.4 is 0 Å². The van der Waals surface area contributed by atoms with E-state index in [1.165, 1.54) is 7.11 Å². The van der Waals surface area contributed by atoms with E-state index in [1.54, 1.807) is 14.2 Å². The van der Waals surface area contributed by atoms with E-state index in [1.807, 2.05) is 91.0 Å². The second-order valence-corrected chi connectivity index (χ2v) is 11.4. The van der Waals surface area contributed by atoms with Crippen molar-refractivity contribution in [2.24, 2.45) is 0 Å². The molecule has 9 atom stereocenters. The Morgan fingerprint density at radius 3 is 1.65 bits per heavy atom. The van der Waals surface area contributed by atoms with E-state index in [4.69, 9.17) is 42.6 Å². The van der Waals surface area contributed by atoms with Gasteiger partial charge in [0, 0.05) is 27.8 Å². The summed E-state index contributed by atoms with van der Waals surface area (Å²) >= 11 is 0. The van der Waals surface area contributed by atoms with Crippen LogP contribution in [0.4, 0.5) is 0 Å². The lowest BCUT2D eigenvalue weighted by molar-refractivity contribution is -0.320. The van der Waals surface area contributed by atoms with E-state index < -0.39 is 49.2 Å². The lowest BCUT2D eigenvalue weighted by atomic mass is 9.98. The molecule has 5 rings (SSSR count). The van der Waals surface area contributed by atoms with Crippen LogP contribution in [-0.4, -0.2) is 95.0 Å². The van der Waals surface area contributed by atoms with Crippen molar-refractivity contribution in [3.8, 4) is 0 Å². The number of aliphatic hydroxyl groups is 1. The highest BCUT2D eigenvalue weighted by molar-refractivity contribution is 5.15. The Balaban J connectivity index is 1.31. The van der Waals surface area contributed by atoms with Gasteiger partial charge in [0.05, 0.1) is 39.1 Å². The molecule has 2 saturated heterocycles. The number of ether oxygens (including phenoxy) is 9. The summed E-state index contributed by atoms with van der Waals surface area (Å²) in [6.45, 7) is 1.56. The Hall–Kier alpha value is -2.74. The number of methoxy groups -OCH3 is 3. The van der Waals surface area contributed by atoms with Crippen LogP contribution in [0.15, 0.2) is 91.0 Å². The highest BCUT2D eigenvalue weighted by Gasteiger charge is 2.47. The fraction of sp³-hybridized carbons (Fsp3) is 0.500. The van der Waals surface area contributed by atoms with Gasteiger partial charge in [-0.3, -0.25) is 0 Å². The topological polar surface area (TPSA) is 103 Å². The third-order valence-corrected chi connectivity index (χ3v) is 8.34. The van der Waals surface area contributed by atoms with Gasteiger partial charge in [-0.1, -0.05) is 91.0 Å². The Bertz CT molecular complexity index is 1250. The maximum absolute atomic E-state index is 10.6. The van der Waals surface area contributed by atoms with Gasteiger partial charge in [-0.25, -0.2) is 0 Å². The first-order valence-corrected chi connectivity index (χ1v) is 15.7. The van der Waals surface area contributed by atoms with Crippen LogP contribution in [0.25, 0.3) is 0 Å². The van der Waals surface area contributed by atoms with Crippen LogP contribution >= 0.6 is 0 Å². The normalized spacial score (nSPS) is 29.9. The van der Waals surface area contributed by atoms with Crippen molar-refractivity contribution in [2.75, 3.05) is 34.5 Å². The van der Waals surface area contributed by atoms with E-state index in [0.717, 1.165) is 16.7 Å². The molecule has 2 fully saturated rings. The second kappa shape index (κ2) is 18.0. The molecule has 3 aromatic rings. The second-order valence-electron chi connectivity index (χ2n) is 11.4. The molecule has 0 unspecified atom stereocenters. The third kappa shape index (κ3) is 9.42. The molecule has 3 aromatic carbocycles. The van der Waals surface area contributed by atoms with Crippen molar-refractivity contribution in [1.82, 2.24) is 0 Å². The third-order valence-electron chi connectivity index (χ3n) is 8.34. The molecule has 2 aliphatic heterocycles. The molecule has 0 aromatic heterocycles. The number of benzene rings is 3. The maximum atomic E-state index is 10.6. The lowest BCUT2D eigenvalue weighted by Crippen LogP contribution is -2.61. The van der Waals surface area contributed by atoms with Crippen LogP contribution in [0.1, 0.15) is 23.1 Å². The van der Waals surface area contributed by atoms with Crippen molar-refractivity contribution >= 4 is 0 Å². The first kappa shape index (κ1) is 34.6. The van der Waals surface area contributed by atoms with Crippen molar-refractivity contribution in [2.45, 2.75) is 81.5 Å². The van der Waals surface area contributed by atoms with Crippen LogP contribution in [0, 0.1) is 0 Å². The highest BCUT2D eigenvalue weighted by Crippen LogP contribution is 2.31. The van der Waals surface area contributed by atoms with E-state index in [2.05, 4.69) is 0 Å². The molecule has 0 amide bonds. The Morgan fingerprint density at radius 1 is 0.565 bits per heavy atom. The SMILES string of the molecule is CO[C@@H]1[C@@H](OC)[C@@H](O)O[C@H](CO[C@H]2C[C@@H](OCc3ccccc3)[C@H](OCc3ccccc3)[C@@H](COCc3ccccc3)O2)[C@H]1OC. The summed E-state index contributed by atoms with van der Waals surface area (Å²) in [5.41, 5.74) is 3.16. The molecule has 2 aliphatic rings. The smallest absolute Gasteiger partial charge is 0.184 e. The molecule has 10 nitrogen and oxygen atoms in total. The van der Waals surface area contributed by atoms with Gasteiger partial charge in [0.25, 0.3) is 0 Å². The molecule has 2 heterocycles. The molecule has 250 valence electrons. The fourth-order valence-corrected chi connectivity index (χ4v) is 5.96. The summed E-state index contributed by atoms with van der Waals surface area (Å²) in [5, 5.41) is 10.6. The van der Waals surface area contributed by atoms with Crippen molar-refractivity contribution < 1.29 is 47.7 Å². The molecule has 0 radical (unpaired) electrons. The molecule has 0 saturated carbocycles. The minimum absolute atomic E-state index is 0.0784. The minimum atomic E-state index is -1.21. The molecule has 0 spiro atoms. The average Bonchev–Trinajstić information content (AvgIpc) is 3.10. The largest absolute Gasteiger partial charge is 0.376 e. The van der Waals surface area contributed by atoms with E-state index in [0.29, 0.717) is 26.2 Å². The summed E-state index contributed by atoms with van der Waals surface area (Å²) in [6.07, 6.45) is -5.20. The van der Waals surface area contributed by atoms with Gasteiger partial charge in [0.1, 0.15) is 36.6 Å². The van der Waals surface area contributed by atoms with Gasteiger partial charge in [0.2, 0.25) is 0 Å². The van der Waals surface area contributed by atoms with Gasteiger partial charge in [-0.05, 0) is 16.7 Å². The first-order chi connectivity index (χ1) is 22.6. The quantitative estimate of drug-likeness (QED) is 0.245. The summed E-state index contributed by atoms with van der Waals surface area (Å²) in [5.74, 6) is 0. The molecule has 1 N–H and O–H groups in total. The lowest BCUT2D eigenvalue weighted by Gasteiger charge is -2.44. The zero-order valence-electron chi connectivity index (χ0n) is 26.7. The first-order valence-electron chi connectivity index (χ1n) is 15.7. The summed E-state index contributed by atoms with van der Waals surface area (Å²) in [4.78, 5) is 0. The predicted molar refractivity (Wildman–Crippen MR) is 169 cm³/mol. The van der Waals surface area contributed by atoms with Crippen molar-refractivity contribution in [3.05, 3.63) is 108 Å². The Morgan fingerprint density at radius 2 is 1.09 bits per heavy atom. The average molecular weight is 639 g/mol. The van der Waals surface area contributed by atoms with Gasteiger partial charge in [0.15, 0.2) is 12.6 Å². The van der Waals surface area contributed by atoms with Gasteiger partial charge < -0.3 is 47.7 Å². The number of hydrogen-bond donors (Lipinski definition) is 1. The predicted octanol–water partition coefficient (Wildman–Crippen LogP) is 4.27. The van der Waals surface area contributed by atoms with Crippen LogP contribution in [0.2, 0.25) is 0 Å². The zero-order valence-corrected chi connectivity index (χ0v) is 26.7. The molecule has 0 bridgehead atoms. The molecular weight excluding hydrogens is 592 g/mol. The molecule has 10 heteroatoms. The van der Waals surface area contributed by atoms with Gasteiger partial charge in [-0.15, -0.1) is 0 Å². The van der Waals surface area contributed by atoms with Gasteiger partial charge >= 0.3 is 0 Å².